The highest BCUT2D eigenvalue weighted by atomic mass is 16.4. The van der Waals surface area contributed by atoms with Crippen molar-refractivity contribution in [2.45, 2.75) is 96.9 Å². The minimum Gasteiger partial charge on any atom is -0.550 e. The zero-order valence-electron chi connectivity index (χ0n) is 18.2. The highest BCUT2D eigenvalue weighted by molar-refractivity contribution is 5.64. The van der Waals surface area contributed by atoms with Gasteiger partial charge in [-0.15, -0.1) is 0 Å². The monoisotopic (exact) mass is 407 g/mol. The van der Waals surface area contributed by atoms with Crippen molar-refractivity contribution in [3.8, 4) is 0 Å². The van der Waals surface area contributed by atoms with Crippen LogP contribution in [0, 0.1) is 46.3 Å². The number of carboxylic acid groups (broad SMARTS) is 1. The van der Waals surface area contributed by atoms with Crippen LogP contribution >= 0.6 is 0 Å². The Balaban J connectivity index is 1.61. The molecule has 166 valence electrons. The van der Waals surface area contributed by atoms with Crippen LogP contribution in [0.5, 0.6) is 0 Å². The van der Waals surface area contributed by atoms with E-state index < -0.39 is 12.1 Å². The second-order valence-corrected chi connectivity index (χ2v) is 11.4. The second kappa shape index (κ2) is 7.49. The predicted octanol–water partition coefficient (Wildman–Crippen LogP) is 2.11. The molecule has 0 aliphatic heterocycles. The Morgan fingerprint density at radius 3 is 2.48 bits per heavy atom. The Kier molecular flexibility index (Phi) is 5.57. The number of carbonyl (C=O) groups excluding carboxylic acids is 1. The lowest BCUT2D eigenvalue weighted by atomic mass is 9.43. The molecular weight excluding hydrogens is 368 g/mol. The Morgan fingerprint density at radius 1 is 1.07 bits per heavy atom. The van der Waals surface area contributed by atoms with Gasteiger partial charge in [-0.1, -0.05) is 20.8 Å². The molecule has 11 atom stereocenters. The first kappa shape index (κ1) is 21.6. The van der Waals surface area contributed by atoms with E-state index in [4.69, 9.17) is 0 Å². The highest BCUT2D eigenvalue weighted by Gasteiger charge is 2.65. The summed E-state index contributed by atoms with van der Waals surface area (Å²) in [5.41, 5.74) is -0.172. The molecule has 5 nitrogen and oxygen atoms in total. The third-order valence-corrected chi connectivity index (χ3v) is 10.3. The summed E-state index contributed by atoms with van der Waals surface area (Å²) in [6.45, 7) is 6.67. The Hall–Kier alpha value is -0.650. The van der Waals surface area contributed by atoms with E-state index in [-0.39, 0.29) is 53.1 Å². The zero-order valence-corrected chi connectivity index (χ0v) is 18.2. The number of fused-ring (bicyclic) bond motifs is 5. The molecule has 4 rings (SSSR count). The number of aliphatic hydroxyl groups is 3. The number of carbonyl (C=O) groups is 1. The number of aliphatic carboxylic acids is 1. The molecule has 3 N–H and O–H groups in total. The van der Waals surface area contributed by atoms with Gasteiger partial charge in [-0.3, -0.25) is 0 Å². The molecule has 0 aromatic heterocycles. The Bertz CT molecular complexity index is 637. The molecule has 0 radical (unpaired) electrons. The SMILES string of the molecule is C[C@H](CCC(=O)[O-])[C@H]1CC[C@H]2[C@@H]3C(O)CC4CC(O)CC[C@]4(C)[C@H]3CC(O)[C@]12C. The van der Waals surface area contributed by atoms with Crippen LogP contribution in [0.2, 0.25) is 0 Å². The summed E-state index contributed by atoms with van der Waals surface area (Å²) < 4.78 is 0. The van der Waals surface area contributed by atoms with Crippen molar-refractivity contribution < 1.29 is 25.2 Å². The van der Waals surface area contributed by atoms with Gasteiger partial charge in [0.25, 0.3) is 0 Å². The van der Waals surface area contributed by atoms with E-state index in [1.807, 2.05) is 0 Å². The largest absolute Gasteiger partial charge is 0.550 e. The highest BCUT2D eigenvalue weighted by Crippen LogP contribution is 2.68. The molecular formula is C24H39O5-. The van der Waals surface area contributed by atoms with Crippen LogP contribution in [0.15, 0.2) is 0 Å². The second-order valence-electron chi connectivity index (χ2n) is 11.4. The standard InChI is InChI=1S/C24H40O5/c1-13(4-7-21(28)29)16-5-6-17-22-18(12-20(27)24(16,17)3)23(2)9-8-15(25)10-14(23)11-19(22)26/h13-20,22,25-27H,4-12H2,1-3H3,(H,28,29)/p-1/t13-,14?,15?,16-,17+,18+,19?,20?,22+,23+,24-/m1/s1. The maximum atomic E-state index is 11.5. The van der Waals surface area contributed by atoms with Crippen LogP contribution in [0.4, 0.5) is 0 Å². The van der Waals surface area contributed by atoms with Gasteiger partial charge in [0.2, 0.25) is 0 Å². The van der Waals surface area contributed by atoms with Crippen molar-refractivity contribution in [2.75, 3.05) is 0 Å². The Morgan fingerprint density at radius 2 is 1.79 bits per heavy atom. The summed E-state index contributed by atoms with van der Waals surface area (Å²) in [7, 11) is 0. The molecule has 4 aliphatic carbocycles. The summed E-state index contributed by atoms with van der Waals surface area (Å²) in [5, 5.41) is 43.9. The van der Waals surface area contributed by atoms with Crippen LogP contribution in [0.25, 0.3) is 0 Å². The summed E-state index contributed by atoms with van der Waals surface area (Å²) in [5.74, 6) is 0.635. The molecule has 4 unspecified atom stereocenters. The lowest BCUT2D eigenvalue weighted by Crippen LogP contribution is -2.62. The van der Waals surface area contributed by atoms with E-state index >= 15 is 0 Å². The van der Waals surface area contributed by atoms with Crippen LogP contribution in [-0.2, 0) is 4.79 Å². The van der Waals surface area contributed by atoms with Crippen LogP contribution in [0.1, 0.15) is 78.6 Å². The van der Waals surface area contributed by atoms with E-state index in [1.165, 1.54) is 0 Å². The smallest absolute Gasteiger partial charge is 0.0602 e. The molecule has 29 heavy (non-hydrogen) atoms. The fourth-order valence-corrected chi connectivity index (χ4v) is 8.68. The average Bonchev–Trinajstić information content (AvgIpc) is 3.01. The molecule has 0 saturated heterocycles. The molecule has 0 aromatic rings. The zero-order chi connectivity index (χ0) is 21.1. The first-order valence-corrected chi connectivity index (χ1v) is 11.8. The van der Waals surface area contributed by atoms with E-state index in [2.05, 4.69) is 20.8 Å². The topological polar surface area (TPSA) is 101 Å². The molecule has 4 saturated carbocycles. The molecule has 4 fully saturated rings. The number of aliphatic hydroxyl groups excluding tert-OH is 3. The first-order valence-electron chi connectivity index (χ1n) is 11.8. The minimum atomic E-state index is -0.998. The summed E-state index contributed by atoms with van der Waals surface area (Å²) in [4.78, 5) is 11.0. The van der Waals surface area contributed by atoms with Gasteiger partial charge >= 0.3 is 0 Å². The van der Waals surface area contributed by atoms with E-state index in [0.29, 0.717) is 18.3 Å². The minimum absolute atomic E-state index is 0.0747. The van der Waals surface area contributed by atoms with Crippen molar-refractivity contribution in [2.24, 2.45) is 46.3 Å². The van der Waals surface area contributed by atoms with Gasteiger partial charge < -0.3 is 25.2 Å². The van der Waals surface area contributed by atoms with Gasteiger partial charge in [0.15, 0.2) is 0 Å². The van der Waals surface area contributed by atoms with Crippen LogP contribution in [-0.4, -0.2) is 39.6 Å². The lowest BCUT2D eigenvalue weighted by molar-refractivity contribution is -0.306. The van der Waals surface area contributed by atoms with Crippen LogP contribution in [0.3, 0.4) is 0 Å². The number of hydrogen-bond acceptors (Lipinski definition) is 5. The molecule has 4 aliphatic rings. The lowest BCUT2D eigenvalue weighted by Gasteiger charge is -2.63. The molecule has 5 heteroatoms. The van der Waals surface area contributed by atoms with E-state index in [1.54, 1.807) is 0 Å². The van der Waals surface area contributed by atoms with Gasteiger partial charge in [0.05, 0.1) is 18.3 Å². The molecule has 0 bridgehead atoms. The Labute approximate surface area is 174 Å². The van der Waals surface area contributed by atoms with Crippen molar-refractivity contribution in [1.29, 1.82) is 0 Å². The first-order chi connectivity index (χ1) is 13.6. The van der Waals surface area contributed by atoms with Gasteiger partial charge in [-0.05, 0) is 104 Å². The number of carboxylic acids is 1. The quantitative estimate of drug-likeness (QED) is 0.663. The summed E-state index contributed by atoms with van der Waals surface area (Å²) >= 11 is 0. The van der Waals surface area contributed by atoms with Gasteiger partial charge in [-0.25, -0.2) is 0 Å². The van der Waals surface area contributed by atoms with Gasteiger partial charge in [0.1, 0.15) is 0 Å². The maximum absolute atomic E-state index is 11.5. The van der Waals surface area contributed by atoms with Crippen LogP contribution < -0.4 is 5.11 Å². The summed E-state index contributed by atoms with van der Waals surface area (Å²) in [6.07, 6.45) is 5.72. The van der Waals surface area contributed by atoms with Gasteiger partial charge in [0, 0.05) is 5.97 Å². The van der Waals surface area contributed by atoms with E-state index in [0.717, 1.165) is 44.9 Å². The van der Waals surface area contributed by atoms with Gasteiger partial charge in [-0.2, -0.15) is 0 Å². The molecule has 0 aromatic carbocycles. The van der Waals surface area contributed by atoms with Crippen molar-refractivity contribution in [3.63, 3.8) is 0 Å². The van der Waals surface area contributed by atoms with Crippen molar-refractivity contribution in [3.05, 3.63) is 0 Å². The third-order valence-electron chi connectivity index (χ3n) is 10.3. The van der Waals surface area contributed by atoms with Crippen molar-refractivity contribution in [1.82, 2.24) is 0 Å². The fourth-order valence-electron chi connectivity index (χ4n) is 8.68. The third kappa shape index (κ3) is 3.27. The maximum Gasteiger partial charge on any atom is 0.0602 e. The fraction of sp³-hybridized carbons (Fsp3) is 0.958. The summed E-state index contributed by atoms with van der Waals surface area (Å²) in [6, 6.07) is 0. The van der Waals surface area contributed by atoms with E-state index in [9.17, 15) is 25.2 Å². The molecule has 0 heterocycles. The predicted molar refractivity (Wildman–Crippen MR) is 107 cm³/mol. The number of rotatable bonds is 4. The molecule has 0 spiro atoms. The molecule has 0 amide bonds. The number of hydrogen-bond donors (Lipinski definition) is 3. The van der Waals surface area contributed by atoms with Crippen molar-refractivity contribution >= 4 is 5.97 Å². The average molecular weight is 408 g/mol. The normalized spacial score (nSPS) is 52.9.